The molecule has 1 heterocycles. The molecule has 0 aliphatic rings. The van der Waals surface area contributed by atoms with Crippen LogP contribution in [0.4, 0.5) is 0 Å². The van der Waals surface area contributed by atoms with Crippen LogP contribution >= 0.6 is 0 Å². The molecule has 1 aromatic heterocycles. The van der Waals surface area contributed by atoms with E-state index in [4.69, 9.17) is 5.73 Å². The Morgan fingerprint density at radius 1 is 1.05 bits per heavy atom. The van der Waals surface area contributed by atoms with E-state index < -0.39 is 5.41 Å². The molecule has 22 heavy (non-hydrogen) atoms. The Labute approximate surface area is 129 Å². The molecule has 2 aromatic carbocycles. The Morgan fingerprint density at radius 3 is 2.41 bits per heavy atom. The first-order valence-electron chi connectivity index (χ1n) is 7.40. The molecule has 0 bridgehead atoms. The summed E-state index contributed by atoms with van der Waals surface area (Å²) in [5.74, 6) is -0.336. The van der Waals surface area contributed by atoms with E-state index in [9.17, 15) is 4.79 Å². The number of nitrogens with zero attached hydrogens (tertiary/aromatic N) is 1. The van der Waals surface area contributed by atoms with Crippen molar-refractivity contribution in [3.05, 3.63) is 78.0 Å². The van der Waals surface area contributed by atoms with Crippen LogP contribution in [0.1, 0.15) is 24.5 Å². The smallest absolute Gasteiger partial charge is 0.232 e. The highest BCUT2D eigenvalue weighted by atomic mass is 16.1. The van der Waals surface area contributed by atoms with Crippen LogP contribution in [0.15, 0.2) is 66.9 Å². The molecule has 0 aliphatic carbocycles. The van der Waals surface area contributed by atoms with Gasteiger partial charge in [-0.05, 0) is 29.7 Å². The summed E-state index contributed by atoms with van der Waals surface area (Å²) in [4.78, 5) is 16.9. The summed E-state index contributed by atoms with van der Waals surface area (Å²) in [6.45, 7) is 1.99. The van der Waals surface area contributed by atoms with E-state index in [1.165, 1.54) is 0 Å². The third-order valence-electron chi connectivity index (χ3n) is 4.33. The van der Waals surface area contributed by atoms with Gasteiger partial charge in [-0.25, -0.2) is 0 Å². The fourth-order valence-electron chi connectivity index (χ4n) is 3.19. The fraction of sp³-hybridized carbons (Fsp3) is 0.158. The lowest BCUT2D eigenvalue weighted by atomic mass is 9.71. The van der Waals surface area contributed by atoms with Gasteiger partial charge in [0.2, 0.25) is 5.91 Å². The van der Waals surface area contributed by atoms with E-state index in [-0.39, 0.29) is 5.91 Å². The number of pyridine rings is 1. The minimum absolute atomic E-state index is 0.336. The molecule has 0 fully saturated rings. The van der Waals surface area contributed by atoms with E-state index in [0.29, 0.717) is 6.42 Å². The number of nitrogens with two attached hydrogens (primary N) is 1. The molecule has 3 rings (SSSR count). The largest absolute Gasteiger partial charge is 0.369 e. The molecule has 3 aromatic rings. The van der Waals surface area contributed by atoms with E-state index >= 15 is 0 Å². The molecule has 0 saturated heterocycles. The van der Waals surface area contributed by atoms with Gasteiger partial charge in [0.25, 0.3) is 0 Å². The molecule has 1 atom stereocenters. The number of hydrogen-bond donors (Lipinski definition) is 1. The van der Waals surface area contributed by atoms with Crippen LogP contribution in [0.2, 0.25) is 0 Å². The van der Waals surface area contributed by atoms with Crippen molar-refractivity contribution in [2.75, 3.05) is 0 Å². The Hall–Kier alpha value is -2.68. The molecule has 3 nitrogen and oxygen atoms in total. The number of primary amides is 1. The number of carbonyl (C=O) groups is 1. The number of para-hydroxylation sites is 1. The topological polar surface area (TPSA) is 56.0 Å². The molecule has 2 N–H and O–H groups in total. The van der Waals surface area contributed by atoms with E-state index in [2.05, 4.69) is 4.98 Å². The molecule has 0 aliphatic heterocycles. The van der Waals surface area contributed by atoms with Gasteiger partial charge < -0.3 is 5.73 Å². The summed E-state index contributed by atoms with van der Waals surface area (Å²) in [5, 5.41) is 0.967. The molecule has 3 heteroatoms. The monoisotopic (exact) mass is 290 g/mol. The highest BCUT2D eigenvalue weighted by molar-refractivity contribution is 5.96. The maximum atomic E-state index is 12.5. The number of hydrogen-bond acceptors (Lipinski definition) is 2. The molecule has 1 unspecified atom stereocenters. The summed E-state index contributed by atoms with van der Waals surface area (Å²) < 4.78 is 0. The standard InChI is InChI=1S/C19H18N2O/c1-2-19(18(20)22,14-8-4-3-5-9-14)16-12-13-21-17-11-7-6-10-15(16)17/h3-13H,2H2,1H3,(H2,20,22). The SMILES string of the molecule is CCC(C(N)=O)(c1ccccc1)c1ccnc2ccccc12. The zero-order valence-corrected chi connectivity index (χ0v) is 12.5. The van der Waals surface area contributed by atoms with Crippen molar-refractivity contribution < 1.29 is 4.79 Å². The molecular formula is C19H18N2O. The van der Waals surface area contributed by atoms with Crippen LogP contribution in [-0.4, -0.2) is 10.9 Å². The Bertz CT molecular complexity index is 809. The van der Waals surface area contributed by atoms with Crippen molar-refractivity contribution in [1.29, 1.82) is 0 Å². The quantitative estimate of drug-likeness (QED) is 0.800. The van der Waals surface area contributed by atoms with Crippen LogP contribution in [0.5, 0.6) is 0 Å². The molecule has 0 radical (unpaired) electrons. The maximum Gasteiger partial charge on any atom is 0.232 e. The van der Waals surface area contributed by atoms with Gasteiger partial charge >= 0.3 is 0 Å². The maximum absolute atomic E-state index is 12.5. The van der Waals surface area contributed by atoms with Gasteiger partial charge in [0, 0.05) is 11.6 Å². The van der Waals surface area contributed by atoms with Crippen molar-refractivity contribution in [2.45, 2.75) is 18.8 Å². The van der Waals surface area contributed by atoms with E-state index in [1.54, 1.807) is 6.20 Å². The summed E-state index contributed by atoms with van der Waals surface area (Å²) in [7, 11) is 0. The predicted octanol–water partition coefficient (Wildman–Crippen LogP) is 3.42. The second kappa shape index (κ2) is 5.60. The Morgan fingerprint density at radius 2 is 1.73 bits per heavy atom. The van der Waals surface area contributed by atoms with Crippen LogP contribution in [0.3, 0.4) is 0 Å². The van der Waals surface area contributed by atoms with Gasteiger partial charge in [0.15, 0.2) is 0 Å². The Kier molecular flexibility index (Phi) is 3.63. The number of fused-ring (bicyclic) bond motifs is 1. The van der Waals surface area contributed by atoms with Crippen molar-refractivity contribution in [1.82, 2.24) is 4.98 Å². The first kappa shape index (κ1) is 14.3. The lowest BCUT2D eigenvalue weighted by molar-refractivity contribution is -0.122. The number of aromatic nitrogens is 1. The molecule has 0 saturated carbocycles. The fourth-order valence-corrected chi connectivity index (χ4v) is 3.19. The average molecular weight is 290 g/mol. The second-order valence-corrected chi connectivity index (χ2v) is 5.36. The van der Waals surface area contributed by atoms with E-state index in [1.807, 2.05) is 67.6 Å². The molecule has 0 spiro atoms. The summed E-state index contributed by atoms with van der Waals surface area (Å²) in [5.41, 5.74) is 7.74. The third-order valence-corrected chi connectivity index (χ3v) is 4.33. The number of carbonyl (C=O) groups excluding carboxylic acids is 1. The van der Waals surface area contributed by atoms with Crippen molar-refractivity contribution in [2.24, 2.45) is 5.73 Å². The van der Waals surface area contributed by atoms with Crippen LogP contribution in [-0.2, 0) is 10.2 Å². The first-order chi connectivity index (χ1) is 10.7. The summed E-state index contributed by atoms with van der Waals surface area (Å²) >= 11 is 0. The molecule has 1 amide bonds. The summed E-state index contributed by atoms with van der Waals surface area (Å²) in [6, 6.07) is 19.5. The average Bonchev–Trinajstić information content (AvgIpc) is 2.57. The van der Waals surface area contributed by atoms with Crippen LogP contribution < -0.4 is 5.73 Å². The van der Waals surface area contributed by atoms with Gasteiger partial charge in [0.1, 0.15) is 0 Å². The minimum Gasteiger partial charge on any atom is -0.369 e. The highest BCUT2D eigenvalue weighted by Crippen LogP contribution is 2.38. The molecular weight excluding hydrogens is 272 g/mol. The van der Waals surface area contributed by atoms with Crippen LogP contribution in [0, 0.1) is 0 Å². The van der Waals surface area contributed by atoms with Gasteiger partial charge in [-0.2, -0.15) is 0 Å². The van der Waals surface area contributed by atoms with Gasteiger partial charge in [0.05, 0.1) is 10.9 Å². The number of benzene rings is 2. The van der Waals surface area contributed by atoms with Gasteiger partial charge in [-0.15, -0.1) is 0 Å². The van der Waals surface area contributed by atoms with Crippen molar-refractivity contribution in [3.8, 4) is 0 Å². The van der Waals surface area contributed by atoms with Gasteiger partial charge in [-0.3, -0.25) is 9.78 Å². The zero-order valence-electron chi connectivity index (χ0n) is 12.5. The zero-order chi connectivity index (χ0) is 15.6. The van der Waals surface area contributed by atoms with Crippen molar-refractivity contribution >= 4 is 16.8 Å². The lowest BCUT2D eigenvalue weighted by Gasteiger charge is -2.31. The third kappa shape index (κ3) is 2.06. The first-order valence-corrected chi connectivity index (χ1v) is 7.40. The van der Waals surface area contributed by atoms with Crippen molar-refractivity contribution in [3.63, 3.8) is 0 Å². The van der Waals surface area contributed by atoms with E-state index in [0.717, 1.165) is 22.0 Å². The minimum atomic E-state index is -0.843. The van der Waals surface area contributed by atoms with Crippen LogP contribution in [0.25, 0.3) is 10.9 Å². The highest BCUT2D eigenvalue weighted by Gasteiger charge is 2.39. The lowest BCUT2D eigenvalue weighted by Crippen LogP contribution is -2.42. The van der Waals surface area contributed by atoms with Gasteiger partial charge in [-0.1, -0.05) is 55.5 Å². The predicted molar refractivity (Wildman–Crippen MR) is 88.5 cm³/mol. The number of amides is 1. The normalized spacial score (nSPS) is 13.7. The number of rotatable bonds is 4. The second-order valence-electron chi connectivity index (χ2n) is 5.36. The Balaban J connectivity index is 2.37. The summed E-state index contributed by atoms with van der Waals surface area (Å²) in [6.07, 6.45) is 2.34. The molecule has 110 valence electrons.